The molecule has 0 aliphatic carbocycles. The fourth-order valence-electron chi connectivity index (χ4n) is 5.06. The summed E-state index contributed by atoms with van der Waals surface area (Å²) in [7, 11) is 0. The van der Waals surface area contributed by atoms with E-state index in [1.165, 1.54) is 0 Å². The molecule has 0 aromatic heterocycles. The molecule has 1 N–H and O–H groups in total. The Labute approximate surface area is 181 Å². The molecule has 2 aromatic rings. The Kier molecular flexibility index (Phi) is 4.52. The Morgan fingerprint density at radius 2 is 1.90 bits per heavy atom. The highest BCUT2D eigenvalue weighted by Gasteiger charge is 2.49. The molecule has 160 valence electrons. The number of anilines is 1. The zero-order chi connectivity index (χ0) is 21.8. The SMILES string of the molecule is CC(C)(C(=O)c1cccc2c1C(=O)OC21CCNC1)c1ccc(N2CCCC2=O)cc1. The number of benzene rings is 2. The van der Waals surface area contributed by atoms with Crippen LogP contribution in [0.5, 0.6) is 0 Å². The number of fused-ring (bicyclic) bond motifs is 2. The van der Waals surface area contributed by atoms with E-state index in [0.29, 0.717) is 30.5 Å². The predicted octanol–water partition coefficient (Wildman–Crippen LogP) is 3.33. The number of ketones is 1. The lowest BCUT2D eigenvalue weighted by atomic mass is 9.76. The van der Waals surface area contributed by atoms with Crippen LogP contribution in [0.15, 0.2) is 42.5 Å². The van der Waals surface area contributed by atoms with Gasteiger partial charge in [0.15, 0.2) is 11.4 Å². The first-order valence-electron chi connectivity index (χ1n) is 10.9. The van der Waals surface area contributed by atoms with Crippen LogP contribution in [0.1, 0.15) is 65.0 Å². The highest BCUT2D eigenvalue weighted by atomic mass is 16.6. The van der Waals surface area contributed by atoms with E-state index in [-0.39, 0.29) is 11.7 Å². The van der Waals surface area contributed by atoms with Gasteiger partial charge in [0.05, 0.1) is 11.0 Å². The van der Waals surface area contributed by atoms with E-state index in [2.05, 4.69) is 5.32 Å². The summed E-state index contributed by atoms with van der Waals surface area (Å²) in [4.78, 5) is 40.3. The number of carbonyl (C=O) groups excluding carboxylic acids is 3. The molecule has 6 nitrogen and oxygen atoms in total. The fourth-order valence-corrected chi connectivity index (χ4v) is 5.06. The van der Waals surface area contributed by atoms with Crippen LogP contribution in [0.2, 0.25) is 0 Å². The first kappa shape index (κ1) is 19.9. The van der Waals surface area contributed by atoms with Gasteiger partial charge in [-0.05, 0) is 44.5 Å². The number of hydrogen-bond donors (Lipinski definition) is 1. The van der Waals surface area contributed by atoms with Gasteiger partial charge in [0, 0.05) is 42.7 Å². The molecular weight excluding hydrogens is 392 g/mol. The largest absolute Gasteiger partial charge is 0.449 e. The Morgan fingerprint density at radius 3 is 2.55 bits per heavy atom. The maximum atomic E-state index is 13.7. The van der Waals surface area contributed by atoms with E-state index in [1.807, 2.05) is 50.2 Å². The second kappa shape index (κ2) is 7.02. The number of rotatable bonds is 4. The van der Waals surface area contributed by atoms with Gasteiger partial charge >= 0.3 is 5.97 Å². The van der Waals surface area contributed by atoms with E-state index in [0.717, 1.165) is 36.3 Å². The number of amides is 1. The maximum Gasteiger partial charge on any atom is 0.340 e. The second-order valence-electron chi connectivity index (χ2n) is 9.19. The number of carbonyl (C=O) groups is 3. The normalized spacial score (nSPS) is 22.8. The number of Topliss-reactive ketones (excluding diaryl/α,β-unsaturated/α-hetero) is 1. The van der Waals surface area contributed by atoms with Crippen molar-refractivity contribution in [2.45, 2.75) is 44.1 Å². The third-order valence-electron chi connectivity index (χ3n) is 6.95. The molecule has 3 aliphatic rings. The van der Waals surface area contributed by atoms with Crippen molar-refractivity contribution >= 4 is 23.3 Å². The minimum absolute atomic E-state index is 0.116. The number of nitrogens with one attached hydrogen (secondary N) is 1. The van der Waals surface area contributed by atoms with E-state index >= 15 is 0 Å². The Hall–Kier alpha value is -2.99. The lowest BCUT2D eigenvalue weighted by Crippen LogP contribution is -2.31. The molecule has 1 amide bonds. The molecule has 2 aromatic carbocycles. The maximum absolute atomic E-state index is 13.7. The van der Waals surface area contributed by atoms with Gasteiger partial charge in [-0.25, -0.2) is 4.79 Å². The molecule has 5 rings (SSSR count). The molecule has 0 radical (unpaired) electrons. The molecule has 0 bridgehead atoms. The van der Waals surface area contributed by atoms with Crippen molar-refractivity contribution in [3.05, 3.63) is 64.7 Å². The third kappa shape index (κ3) is 3.00. The van der Waals surface area contributed by atoms with Crippen molar-refractivity contribution in [3.8, 4) is 0 Å². The van der Waals surface area contributed by atoms with Gasteiger partial charge in [-0.3, -0.25) is 9.59 Å². The van der Waals surface area contributed by atoms with Gasteiger partial charge in [0.1, 0.15) is 0 Å². The molecule has 1 atom stereocenters. The van der Waals surface area contributed by atoms with Crippen LogP contribution in [0.3, 0.4) is 0 Å². The van der Waals surface area contributed by atoms with Crippen LogP contribution < -0.4 is 10.2 Å². The van der Waals surface area contributed by atoms with Gasteiger partial charge in [-0.1, -0.05) is 30.3 Å². The molecular formula is C25H26N2O4. The minimum atomic E-state index is -0.841. The molecule has 3 aliphatic heterocycles. The van der Waals surface area contributed by atoms with Crippen LogP contribution in [0.4, 0.5) is 5.69 Å². The van der Waals surface area contributed by atoms with Crippen LogP contribution in [0.25, 0.3) is 0 Å². The van der Waals surface area contributed by atoms with Crippen molar-refractivity contribution in [1.29, 1.82) is 0 Å². The topological polar surface area (TPSA) is 75.7 Å². The molecule has 3 heterocycles. The predicted molar refractivity (Wildman–Crippen MR) is 116 cm³/mol. The molecule has 31 heavy (non-hydrogen) atoms. The summed E-state index contributed by atoms with van der Waals surface area (Å²) in [5, 5.41) is 3.26. The zero-order valence-corrected chi connectivity index (χ0v) is 17.9. The third-order valence-corrected chi connectivity index (χ3v) is 6.95. The highest BCUT2D eigenvalue weighted by Crippen LogP contribution is 2.43. The molecule has 6 heteroatoms. The van der Waals surface area contributed by atoms with Crippen LogP contribution >= 0.6 is 0 Å². The van der Waals surface area contributed by atoms with Crippen molar-refractivity contribution in [2.75, 3.05) is 24.5 Å². The van der Waals surface area contributed by atoms with E-state index in [4.69, 9.17) is 4.74 Å². The second-order valence-corrected chi connectivity index (χ2v) is 9.19. The van der Waals surface area contributed by atoms with Crippen molar-refractivity contribution in [1.82, 2.24) is 5.32 Å². The highest BCUT2D eigenvalue weighted by molar-refractivity contribution is 6.12. The standard InChI is InChI=1S/C25H26N2O4/c1-24(2,16-8-10-17(11-9-16)27-14-4-7-20(27)28)22(29)18-5-3-6-19-21(18)23(30)31-25(19)12-13-26-15-25/h3,5-6,8-11,26H,4,7,12-15H2,1-2H3. The summed E-state index contributed by atoms with van der Waals surface area (Å²) < 4.78 is 5.78. The number of esters is 1. The molecule has 1 unspecified atom stereocenters. The van der Waals surface area contributed by atoms with Gasteiger partial charge in [-0.15, -0.1) is 0 Å². The minimum Gasteiger partial charge on any atom is -0.449 e. The van der Waals surface area contributed by atoms with Crippen LogP contribution in [0, 0.1) is 0 Å². The van der Waals surface area contributed by atoms with Gasteiger partial charge in [0.2, 0.25) is 5.91 Å². The van der Waals surface area contributed by atoms with Gasteiger partial charge in [-0.2, -0.15) is 0 Å². The van der Waals surface area contributed by atoms with Gasteiger partial charge < -0.3 is 15.0 Å². The van der Waals surface area contributed by atoms with Crippen LogP contribution in [-0.2, 0) is 20.5 Å². The average molecular weight is 418 g/mol. The van der Waals surface area contributed by atoms with Crippen molar-refractivity contribution in [3.63, 3.8) is 0 Å². The Bertz CT molecular complexity index is 1080. The number of hydrogen-bond acceptors (Lipinski definition) is 5. The summed E-state index contributed by atoms with van der Waals surface area (Å²) in [6, 6.07) is 13.1. The molecule has 2 fully saturated rings. The average Bonchev–Trinajstić information content (AvgIpc) is 3.48. The summed E-state index contributed by atoms with van der Waals surface area (Å²) in [6.45, 7) is 5.83. The van der Waals surface area contributed by atoms with E-state index in [9.17, 15) is 14.4 Å². The van der Waals surface area contributed by atoms with Crippen molar-refractivity contribution in [2.24, 2.45) is 0 Å². The Balaban J connectivity index is 1.48. The monoisotopic (exact) mass is 418 g/mol. The Morgan fingerprint density at radius 1 is 1.13 bits per heavy atom. The summed E-state index contributed by atoms with van der Waals surface area (Å²) in [6.07, 6.45) is 2.16. The molecule has 2 saturated heterocycles. The van der Waals surface area contributed by atoms with Crippen molar-refractivity contribution < 1.29 is 19.1 Å². The summed E-state index contributed by atoms with van der Waals surface area (Å²) in [5.74, 6) is -0.396. The number of nitrogens with zero attached hydrogens (tertiary/aromatic N) is 1. The fraction of sp³-hybridized carbons (Fsp3) is 0.400. The molecule has 1 spiro atoms. The summed E-state index contributed by atoms with van der Waals surface area (Å²) in [5.41, 5.74) is 1.83. The first-order valence-corrected chi connectivity index (χ1v) is 10.9. The van der Waals surface area contributed by atoms with Gasteiger partial charge in [0.25, 0.3) is 0 Å². The zero-order valence-electron chi connectivity index (χ0n) is 17.9. The first-order chi connectivity index (χ1) is 14.8. The van der Waals surface area contributed by atoms with E-state index < -0.39 is 17.0 Å². The van der Waals surface area contributed by atoms with E-state index in [1.54, 1.807) is 11.0 Å². The number of ether oxygens (including phenoxy) is 1. The van der Waals surface area contributed by atoms with Crippen LogP contribution in [-0.4, -0.2) is 37.3 Å². The molecule has 0 saturated carbocycles. The summed E-state index contributed by atoms with van der Waals surface area (Å²) >= 11 is 0. The smallest absolute Gasteiger partial charge is 0.340 e. The quantitative estimate of drug-likeness (QED) is 0.609. The lowest BCUT2D eigenvalue weighted by Gasteiger charge is -2.26. The lowest BCUT2D eigenvalue weighted by molar-refractivity contribution is -0.117.